The van der Waals surface area contributed by atoms with Gasteiger partial charge in [-0.2, -0.15) is 0 Å². The van der Waals surface area contributed by atoms with Gasteiger partial charge in [0.2, 0.25) is 0 Å². The number of alkyl halides is 2. The van der Waals surface area contributed by atoms with Gasteiger partial charge < -0.3 is 9.47 Å². The maximum absolute atomic E-state index is 14.3. The normalized spacial score (nSPS) is 14.3. The van der Waals surface area contributed by atoms with Gasteiger partial charge in [-0.3, -0.25) is 0 Å². The van der Waals surface area contributed by atoms with Crippen molar-refractivity contribution in [3.8, 4) is 0 Å². The highest BCUT2D eigenvalue weighted by molar-refractivity contribution is 7.78. The second kappa shape index (κ2) is 10.7. The Morgan fingerprint density at radius 2 is 1.56 bits per heavy atom. The Balaban J connectivity index is 2.04. The van der Waals surface area contributed by atoms with Crippen LogP contribution in [0.4, 0.5) is 4.39 Å². The molecule has 0 radical (unpaired) electrons. The lowest BCUT2D eigenvalue weighted by atomic mass is 10.1. The molecule has 0 unspecified atom stereocenters. The Kier molecular flexibility index (Phi) is 8.29. The van der Waals surface area contributed by atoms with Gasteiger partial charge in [0.05, 0.1) is 17.3 Å². The Morgan fingerprint density at radius 3 is 2.07 bits per heavy atom. The fourth-order valence-electron chi connectivity index (χ4n) is 2.16. The van der Waals surface area contributed by atoms with Crippen molar-refractivity contribution in [3.63, 3.8) is 0 Å². The molecule has 0 aliphatic carbocycles. The smallest absolute Gasteiger partial charge is 0.338 e. The van der Waals surface area contributed by atoms with E-state index in [1.165, 1.54) is 12.1 Å². The predicted molar refractivity (Wildman–Crippen MR) is 104 cm³/mol. The van der Waals surface area contributed by atoms with E-state index in [-0.39, 0.29) is 12.2 Å². The van der Waals surface area contributed by atoms with Crippen molar-refractivity contribution in [1.82, 2.24) is 0 Å². The van der Waals surface area contributed by atoms with E-state index in [9.17, 15) is 14.0 Å². The molecule has 0 saturated carbocycles. The van der Waals surface area contributed by atoms with Crippen LogP contribution in [-0.2, 0) is 9.47 Å². The van der Waals surface area contributed by atoms with Gasteiger partial charge in [0.15, 0.2) is 12.3 Å². The topological polar surface area (TPSA) is 65.0 Å². The number of halogens is 2. The summed E-state index contributed by atoms with van der Waals surface area (Å²) in [5, 5.41) is -1.13. The largest absolute Gasteiger partial charge is 0.460 e. The number of thiol groups is 1. The van der Waals surface area contributed by atoms with Crippen molar-refractivity contribution >= 4 is 42.6 Å². The highest BCUT2D eigenvalue weighted by Crippen LogP contribution is 2.17. The number of hydrogen-bond donors (Lipinski definition) is 1. The molecule has 2 aromatic rings. The van der Waals surface area contributed by atoms with Gasteiger partial charge in [-0.1, -0.05) is 36.4 Å². The number of benzene rings is 2. The Bertz CT molecular complexity index is 776. The van der Waals surface area contributed by atoms with E-state index in [4.69, 9.17) is 21.1 Å². The van der Waals surface area contributed by atoms with E-state index in [0.717, 1.165) is 6.21 Å². The summed E-state index contributed by atoms with van der Waals surface area (Å²) < 4.78 is 27.9. The molecule has 3 atom stereocenters. The number of carbonyl (C=O) groups is 2. The van der Waals surface area contributed by atoms with Crippen molar-refractivity contribution in [2.75, 3.05) is 6.61 Å². The predicted octanol–water partition coefficient (Wildman–Crippen LogP) is 3.93. The second-order valence-corrected chi connectivity index (χ2v) is 6.22. The number of rotatable bonds is 8. The first kappa shape index (κ1) is 20.9. The van der Waals surface area contributed by atoms with Crippen LogP contribution in [0.15, 0.2) is 65.1 Å². The number of nitrogens with zero attached hydrogens (tertiary/aromatic N) is 1. The lowest BCUT2D eigenvalue weighted by molar-refractivity contribution is 0.00723. The molecular weight excluding hydrogens is 393 g/mol. The molecule has 0 saturated heterocycles. The van der Waals surface area contributed by atoms with Gasteiger partial charge in [-0.15, -0.1) is 11.6 Å². The van der Waals surface area contributed by atoms with E-state index >= 15 is 0 Å². The summed E-state index contributed by atoms with van der Waals surface area (Å²) in [4.78, 5) is 24.2. The van der Waals surface area contributed by atoms with Crippen LogP contribution in [0.2, 0.25) is 0 Å². The van der Waals surface area contributed by atoms with E-state index < -0.39 is 29.6 Å². The van der Waals surface area contributed by atoms with Crippen LogP contribution in [0, 0.1) is 0 Å². The Labute approximate surface area is 166 Å². The first-order valence-electron chi connectivity index (χ1n) is 7.97. The van der Waals surface area contributed by atoms with Gasteiger partial charge in [-0.25, -0.2) is 18.4 Å². The summed E-state index contributed by atoms with van der Waals surface area (Å²) >= 11 is 9.74. The minimum Gasteiger partial charge on any atom is -0.460 e. The number of carbonyl (C=O) groups excluding carboxylic acids is 2. The zero-order valence-electron chi connectivity index (χ0n) is 14.1. The molecule has 0 aromatic heterocycles. The standard InChI is InChI=1S/C19H17ClFNO4S/c20-15(12-25-18(23)13-7-3-1-4-8-13)17(16(21)11-22-27)26-19(24)14-9-5-2-6-10-14/h1-11,15-17,27H,12H2/t15-,16+,17+/m0/s1. The van der Waals surface area contributed by atoms with Gasteiger partial charge >= 0.3 is 11.9 Å². The molecule has 0 spiro atoms. The van der Waals surface area contributed by atoms with Crippen molar-refractivity contribution in [2.24, 2.45) is 4.40 Å². The Hall–Kier alpha value is -2.38. The second-order valence-electron chi connectivity index (χ2n) is 5.43. The SMILES string of the molecule is O=C(OC[C@H](Cl)[C@@H](OC(=O)c1ccccc1)[C@H](F)C=NS)c1ccccc1. The third-order valence-electron chi connectivity index (χ3n) is 3.52. The molecule has 2 aromatic carbocycles. The molecule has 5 nitrogen and oxygen atoms in total. The van der Waals surface area contributed by atoms with Crippen LogP contribution < -0.4 is 0 Å². The van der Waals surface area contributed by atoms with Gasteiger partial charge in [-0.05, 0) is 37.1 Å². The third kappa shape index (κ3) is 6.37. The number of hydrogen-bond acceptors (Lipinski definition) is 6. The van der Waals surface area contributed by atoms with Crippen molar-refractivity contribution in [2.45, 2.75) is 17.7 Å². The van der Waals surface area contributed by atoms with E-state index in [1.54, 1.807) is 48.5 Å². The lowest BCUT2D eigenvalue weighted by Crippen LogP contribution is -2.40. The zero-order chi connectivity index (χ0) is 19.6. The summed E-state index contributed by atoms with van der Waals surface area (Å²) in [5.74, 6) is -1.37. The van der Waals surface area contributed by atoms with Crippen molar-refractivity contribution < 1.29 is 23.5 Å². The van der Waals surface area contributed by atoms with Crippen LogP contribution in [0.5, 0.6) is 0 Å². The highest BCUT2D eigenvalue weighted by atomic mass is 35.5. The fourth-order valence-corrected chi connectivity index (χ4v) is 2.54. The van der Waals surface area contributed by atoms with Crippen LogP contribution in [0.1, 0.15) is 20.7 Å². The molecule has 0 heterocycles. The zero-order valence-corrected chi connectivity index (χ0v) is 15.7. The van der Waals surface area contributed by atoms with Crippen molar-refractivity contribution in [3.05, 3.63) is 71.8 Å². The monoisotopic (exact) mass is 409 g/mol. The van der Waals surface area contributed by atoms with Crippen LogP contribution >= 0.6 is 24.4 Å². The molecule has 0 N–H and O–H groups in total. The summed E-state index contributed by atoms with van der Waals surface area (Å²) in [6.07, 6.45) is -2.40. The summed E-state index contributed by atoms with van der Waals surface area (Å²) in [6.45, 7) is -0.358. The molecule has 0 amide bonds. The molecule has 2 rings (SSSR count). The maximum atomic E-state index is 14.3. The van der Waals surface area contributed by atoms with Gasteiger partial charge in [0.1, 0.15) is 12.0 Å². The maximum Gasteiger partial charge on any atom is 0.338 e. The van der Waals surface area contributed by atoms with Crippen LogP contribution in [0.25, 0.3) is 0 Å². The molecule has 0 bridgehead atoms. The quantitative estimate of drug-likeness (QED) is 0.310. The Morgan fingerprint density at radius 1 is 1.04 bits per heavy atom. The molecule has 0 fully saturated rings. The van der Waals surface area contributed by atoms with Crippen LogP contribution in [0.3, 0.4) is 0 Å². The molecule has 27 heavy (non-hydrogen) atoms. The van der Waals surface area contributed by atoms with E-state index in [1.807, 2.05) is 0 Å². The first-order valence-corrected chi connectivity index (χ1v) is 8.80. The molecule has 0 aliphatic heterocycles. The van der Waals surface area contributed by atoms with Gasteiger partial charge in [0.25, 0.3) is 0 Å². The number of esters is 2. The van der Waals surface area contributed by atoms with E-state index in [2.05, 4.69) is 17.2 Å². The van der Waals surface area contributed by atoms with E-state index in [0.29, 0.717) is 5.56 Å². The fraction of sp³-hybridized carbons (Fsp3) is 0.211. The minimum absolute atomic E-state index is 0.239. The summed E-state index contributed by atoms with van der Waals surface area (Å²) in [5.41, 5.74) is 0.565. The highest BCUT2D eigenvalue weighted by Gasteiger charge is 2.32. The van der Waals surface area contributed by atoms with Gasteiger partial charge in [0, 0.05) is 0 Å². The summed E-state index contributed by atoms with van der Waals surface area (Å²) in [7, 11) is 0. The molecule has 142 valence electrons. The lowest BCUT2D eigenvalue weighted by Gasteiger charge is -2.23. The molecule has 0 aliphatic rings. The number of ether oxygens (including phenoxy) is 2. The molecular formula is C19H17ClFNO4S. The first-order chi connectivity index (χ1) is 13.0. The van der Waals surface area contributed by atoms with Crippen LogP contribution in [-0.4, -0.2) is 42.4 Å². The van der Waals surface area contributed by atoms with Crippen molar-refractivity contribution in [1.29, 1.82) is 0 Å². The third-order valence-corrected chi connectivity index (χ3v) is 4.02. The average molecular weight is 410 g/mol. The average Bonchev–Trinajstić information content (AvgIpc) is 2.71. The molecule has 8 heteroatoms. The minimum atomic E-state index is -1.83. The summed E-state index contributed by atoms with van der Waals surface area (Å²) in [6, 6.07) is 16.3.